The maximum atomic E-state index is 13.5. The van der Waals surface area contributed by atoms with Gasteiger partial charge in [0.15, 0.2) is 5.58 Å². The number of fused-ring (bicyclic) bond motifs is 1. The van der Waals surface area contributed by atoms with Crippen LogP contribution < -0.4 is 5.32 Å². The molecule has 5 nitrogen and oxygen atoms in total. The molecule has 7 heteroatoms. The zero-order valence-electron chi connectivity index (χ0n) is 13.7. The summed E-state index contributed by atoms with van der Waals surface area (Å²) < 4.78 is 36.8. The average molecular weight is 346 g/mol. The number of carbonyl (C=O) groups is 1. The van der Waals surface area contributed by atoms with Gasteiger partial charge in [0.2, 0.25) is 0 Å². The second-order valence-electron chi connectivity index (χ2n) is 5.52. The highest BCUT2D eigenvalue weighted by atomic mass is 19.1. The number of hydrogen-bond acceptors (Lipinski definition) is 5. The molecule has 1 heterocycles. The molecule has 0 unspecified atom stereocenters. The van der Waals surface area contributed by atoms with Gasteiger partial charge >= 0.3 is 12.1 Å². The van der Waals surface area contributed by atoms with Crippen molar-refractivity contribution >= 4 is 28.4 Å². The highest BCUT2D eigenvalue weighted by Gasteiger charge is 2.15. The van der Waals surface area contributed by atoms with Crippen molar-refractivity contribution in [3.05, 3.63) is 53.4 Å². The number of aryl methyl sites for hydroxylation is 1. The predicted octanol–water partition coefficient (Wildman–Crippen LogP) is 4.26. The minimum Gasteiger partial charge on any atom is -0.466 e. The van der Waals surface area contributed by atoms with Crippen molar-refractivity contribution in [1.82, 2.24) is 4.98 Å². The van der Waals surface area contributed by atoms with Crippen LogP contribution in [0.25, 0.3) is 11.1 Å². The summed E-state index contributed by atoms with van der Waals surface area (Å²) in [6.07, 6.45) is -0.981. The lowest BCUT2D eigenvalue weighted by molar-refractivity contribution is -0.142. The summed E-state index contributed by atoms with van der Waals surface area (Å²) in [5.74, 6) is -0.812. The molecule has 0 spiro atoms. The summed E-state index contributed by atoms with van der Waals surface area (Å²) in [5, 5.41) is 3.03. The predicted molar refractivity (Wildman–Crippen MR) is 88.7 cm³/mol. The third-order valence-corrected chi connectivity index (χ3v) is 3.65. The minimum atomic E-state index is -0.984. The molecule has 0 fully saturated rings. The first-order chi connectivity index (χ1) is 12.0. The van der Waals surface area contributed by atoms with E-state index < -0.39 is 17.9 Å². The van der Waals surface area contributed by atoms with Crippen LogP contribution in [0.4, 0.5) is 20.2 Å². The Morgan fingerprint density at radius 1 is 1.24 bits per heavy atom. The van der Waals surface area contributed by atoms with Gasteiger partial charge in [-0.1, -0.05) is 6.07 Å². The minimum absolute atomic E-state index is 0.00289. The standard InChI is InChI=1S/C18H16F2N2O3/c1-3-24-16(23)8-11-6-14(17-15(7-11)25-18(20)22-17)21-13-9-12(19)5-4-10(13)2/h4-7,9,21H,3,8H2,1-2H3. The van der Waals surface area contributed by atoms with Crippen molar-refractivity contribution in [2.24, 2.45) is 0 Å². The highest BCUT2D eigenvalue weighted by molar-refractivity contribution is 5.90. The molecule has 3 rings (SSSR count). The van der Waals surface area contributed by atoms with Crippen molar-refractivity contribution in [2.75, 3.05) is 11.9 Å². The number of nitrogens with zero attached hydrogens (tertiary/aromatic N) is 1. The number of nitrogens with one attached hydrogen (secondary N) is 1. The quantitative estimate of drug-likeness (QED) is 0.699. The van der Waals surface area contributed by atoms with Crippen LogP contribution in [0.3, 0.4) is 0 Å². The number of rotatable bonds is 5. The molecule has 0 atom stereocenters. The van der Waals surface area contributed by atoms with E-state index in [0.717, 1.165) is 5.56 Å². The van der Waals surface area contributed by atoms with Gasteiger partial charge in [0.1, 0.15) is 11.3 Å². The van der Waals surface area contributed by atoms with Gasteiger partial charge in [-0.05, 0) is 49.2 Å². The van der Waals surface area contributed by atoms with Crippen molar-refractivity contribution in [2.45, 2.75) is 20.3 Å². The second-order valence-corrected chi connectivity index (χ2v) is 5.52. The molecule has 0 saturated carbocycles. The lowest BCUT2D eigenvalue weighted by Gasteiger charge is -2.11. The molecule has 0 bridgehead atoms. The first-order valence-corrected chi connectivity index (χ1v) is 7.74. The Balaban J connectivity index is 2.02. The lowest BCUT2D eigenvalue weighted by Crippen LogP contribution is -2.07. The molecule has 3 aromatic rings. The fourth-order valence-electron chi connectivity index (χ4n) is 2.51. The SMILES string of the molecule is CCOC(=O)Cc1cc(Nc2cc(F)ccc2C)c2nc(F)oc2c1. The summed E-state index contributed by atoms with van der Waals surface area (Å²) in [4.78, 5) is 15.4. The van der Waals surface area contributed by atoms with Crippen molar-refractivity contribution in [3.63, 3.8) is 0 Å². The molecule has 1 aromatic heterocycles. The number of halogens is 2. The topological polar surface area (TPSA) is 64.4 Å². The third kappa shape index (κ3) is 3.76. The van der Waals surface area contributed by atoms with E-state index in [4.69, 9.17) is 9.15 Å². The number of esters is 1. The number of oxazole rings is 1. The van der Waals surface area contributed by atoms with E-state index in [2.05, 4.69) is 10.3 Å². The maximum Gasteiger partial charge on any atom is 0.382 e. The van der Waals surface area contributed by atoms with Gasteiger partial charge in [0.25, 0.3) is 0 Å². The maximum absolute atomic E-state index is 13.5. The molecular formula is C18H16F2N2O3. The molecule has 0 saturated heterocycles. The molecule has 0 aliphatic rings. The van der Waals surface area contributed by atoms with Crippen LogP contribution in [0.2, 0.25) is 0 Å². The van der Waals surface area contributed by atoms with Gasteiger partial charge in [0, 0.05) is 5.69 Å². The molecule has 0 aliphatic carbocycles. The normalized spacial score (nSPS) is 10.9. The number of ether oxygens (including phenoxy) is 1. The fraction of sp³-hybridized carbons (Fsp3) is 0.222. The Bertz CT molecular complexity index is 937. The number of benzene rings is 2. The highest BCUT2D eigenvalue weighted by Crippen LogP contribution is 2.30. The summed E-state index contributed by atoms with van der Waals surface area (Å²) in [7, 11) is 0. The van der Waals surface area contributed by atoms with Crippen LogP contribution in [-0.4, -0.2) is 17.6 Å². The Labute approximate surface area is 142 Å². The Morgan fingerprint density at radius 3 is 2.80 bits per heavy atom. The summed E-state index contributed by atoms with van der Waals surface area (Å²) in [5.41, 5.74) is 2.74. The molecule has 130 valence electrons. The fourth-order valence-corrected chi connectivity index (χ4v) is 2.51. The number of carbonyl (C=O) groups excluding carboxylic acids is 1. The van der Waals surface area contributed by atoms with Gasteiger partial charge in [-0.3, -0.25) is 4.79 Å². The number of aromatic nitrogens is 1. The van der Waals surface area contributed by atoms with Gasteiger partial charge in [-0.2, -0.15) is 4.98 Å². The van der Waals surface area contributed by atoms with E-state index in [1.807, 2.05) is 6.92 Å². The summed E-state index contributed by atoms with van der Waals surface area (Å²) in [6.45, 7) is 3.79. The third-order valence-electron chi connectivity index (χ3n) is 3.65. The first-order valence-electron chi connectivity index (χ1n) is 7.74. The van der Waals surface area contributed by atoms with Crippen molar-refractivity contribution in [3.8, 4) is 0 Å². The summed E-state index contributed by atoms with van der Waals surface area (Å²) in [6, 6.07) is 7.48. The number of anilines is 2. The van der Waals surface area contributed by atoms with Crippen LogP contribution in [0.5, 0.6) is 0 Å². The smallest absolute Gasteiger partial charge is 0.382 e. The zero-order chi connectivity index (χ0) is 18.0. The summed E-state index contributed by atoms with van der Waals surface area (Å²) >= 11 is 0. The van der Waals surface area contributed by atoms with Gasteiger partial charge in [-0.15, -0.1) is 4.39 Å². The largest absolute Gasteiger partial charge is 0.466 e. The van der Waals surface area contributed by atoms with E-state index >= 15 is 0 Å². The molecule has 2 aromatic carbocycles. The van der Waals surface area contributed by atoms with Gasteiger partial charge < -0.3 is 14.5 Å². The molecule has 25 heavy (non-hydrogen) atoms. The van der Waals surface area contributed by atoms with Crippen molar-refractivity contribution < 1.29 is 22.7 Å². The average Bonchev–Trinajstić information content (AvgIpc) is 2.91. The molecule has 0 aliphatic heterocycles. The van der Waals surface area contributed by atoms with E-state index in [-0.39, 0.29) is 24.1 Å². The van der Waals surface area contributed by atoms with E-state index in [1.54, 1.807) is 19.1 Å². The molecule has 1 N–H and O–H groups in total. The van der Waals surface area contributed by atoms with E-state index in [1.165, 1.54) is 18.2 Å². The molecule has 0 radical (unpaired) electrons. The first kappa shape index (κ1) is 16.9. The Morgan fingerprint density at radius 2 is 2.04 bits per heavy atom. The van der Waals surface area contributed by atoms with Crippen LogP contribution >= 0.6 is 0 Å². The monoisotopic (exact) mass is 346 g/mol. The van der Waals surface area contributed by atoms with Gasteiger partial charge in [0.05, 0.1) is 18.7 Å². The molecule has 0 amide bonds. The van der Waals surface area contributed by atoms with Crippen LogP contribution in [0, 0.1) is 18.9 Å². The van der Waals surface area contributed by atoms with E-state index in [9.17, 15) is 13.6 Å². The number of hydrogen-bond donors (Lipinski definition) is 1. The van der Waals surface area contributed by atoms with Crippen LogP contribution in [0.15, 0.2) is 34.7 Å². The lowest BCUT2D eigenvalue weighted by atomic mass is 10.1. The Hall–Kier alpha value is -2.96. The van der Waals surface area contributed by atoms with Crippen molar-refractivity contribution in [1.29, 1.82) is 0 Å². The second kappa shape index (κ2) is 6.88. The zero-order valence-corrected chi connectivity index (χ0v) is 13.7. The van der Waals surface area contributed by atoms with Crippen LogP contribution in [0.1, 0.15) is 18.1 Å². The molecular weight excluding hydrogens is 330 g/mol. The van der Waals surface area contributed by atoms with E-state index in [0.29, 0.717) is 16.9 Å². The Kier molecular flexibility index (Phi) is 4.65. The van der Waals surface area contributed by atoms with Crippen LogP contribution in [-0.2, 0) is 16.0 Å². The van der Waals surface area contributed by atoms with Gasteiger partial charge in [-0.25, -0.2) is 4.39 Å².